The minimum atomic E-state index is -0.554. The highest BCUT2D eigenvalue weighted by molar-refractivity contribution is 5.89. The van der Waals surface area contributed by atoms with Crippen LogP contribution < -0.4 is 10.1 Å². The summed E-state index contributed by atoms with van der Waals surface area (Å²) in [6.07, 6.45) is 6.51. The monoisotopic (exact) mass is 457 g/mol. The number of methoxy groups -OCH3 is 1. The van der Waals surface area contributed by atoms with Gasteiger partial charge in [0.05, 0.1) is 13.5 Å². The molecule has 33 heavy (non-hydrogen) atoms. The Labute approximate surface area is 197 Å². The van der Waals surface area contributed by atoms with Gasteiger partial charge in [-0.2, -0.15) is 0 Å². The summed E-state index contributed by atoms with van der Waals surface area (Å²) < 4.78 is 5.16. The van der Waals surface area contributed by atoms with Crippen LogP contribution in [0.2, 0.25) is 0 Å². The third-order valence-corrected chi connectivity index (χ3v) is 7.18. The molecule has 1 saturated carbocycles. The summed E-state index contributed by atoms with van der Waals surface area (Å²) in [7, 11) is 1.61. The first-order chi connectivity index (χ1) is 15.9. The number of carbonyl (C=O) groups excluding carboxylic acids is 3. The molecule has 0 aromatic heterocycles. The number of amides is 3. The van der Waals surface area contributed by atoms with Crippen LogP contribution in [0.25, 0.3) is 0 Å². The van der Waals surface area contributed by atoms with Crippen LogP contribution in [0.5, 0.6) is 5.75 Å². The number of piperazine rings is 1. The van der Waals surface area contributed by atoms with Gasteiger partial charge in [0.1, 0.15) is 11.8 Å². The number of hydrogen-bond acceptors (Lipinski definition) is 4. The first-order valence-corrected chi connectivity index (χ1v) is 12.4. The second-order valence-electron chi connectivity index (χ2n) is 9.44. The van der Waals surface area contributed by atoms with Crippen molar-refractivity contribution in [2.24, 2.45) is 11.8 Å². The van der Waals surface area contributed by atoms with Crippen LogP contribution in [0, 0.1) is 11.8 Å². The highest BCUT2D eigenvalue weighted by atomic mass is 16.5. The zero-order chi connectivity index (χ0) is 23.8. The van der Waals surface area contributed by atoms with E-state index in [1.54, 1.807) is 7.11 Å². The Bertz CT molecular complexity index is 796. The quantitative estimate of drug-likeness (QED) is 0.651. The highest BCUT2D eigenvalue weighted by Gasteiger charge is 2.34. The van der Waals surface area contributed by atoms with Gasteiger partial charge in [-0.25, -0.2) is 0 Å². The van der Waals surface area contributed by atoms with E-state index in [2.05, 4.69) is 5.32 Å². The zero-order valence-electron chi connectivity index (χ0n) is 20.3. The molecule has 1 aromatic rings. The van der Waals surface area contributed by atoms with E-state index >= 15 is 0 Å². The lowest BCUT2D eigenvalue weighted by atomic mass is 9.88. The van der Waals surface area contributed by atoms with Crippen LogP contribution in [-0.4, -0.2) is 66.9 Å². The average Bonchev–Trinajstić information content (AvgIpc) is 2.87. The normalized spacial score (nSPS) is 19.0. The lowest BCUT2D eigenvalue weighted by Gasteiger charge is -2.39. The molecule has 182 valence electrons. The molecular formula is C26H39N3O4. The van der Waals surface area contributed by atoms with Gasteiger partial charge in [-0.1, -0.05) is 51.7 Å². The van der Waals surface area contributed by atoms with Gasteiger partial charge < -0.3 is 19.9 Å². The van der Waals surface area contributed by atoms with Gasteiger partial charge in [-0.3, -0.25) is 14.4 Å². The van der Waals surface area contributed by atoms with Crippen molar-refractivity contribution in [2.45, 2.75) is 64.8 Å². The Morgan fingerprint density at radius 3 is 2.18 bits per heavy atom. The third kappa shape index (κ3) is 6.71. The maximum Gasteiger partial charge on any atom is 0.245 e. The number of nitrogens with zero attached hydrogens (tertiary/aromatic N) is 2. The molecule has 2 aliphatic rings. The topological polar surface area (TPSA) is 79.0 Å². The molecule has 1 aliphatic heterocycles. The van der Waals surface area contributed by atoms with Crippen LogP contribution >= 0.6 is 0 Å². The molecule has 2 atom stereocenters. The summed E-state index contributed by atoms with van der Waals surface area (Å²) in [5, 5.41) is 2.99. The van der Waals surface area contributed by atoms with Crippen LogP contribution in [0.1, 0.15) is 57.9 Å². The molecule has 0 radical (unpaired) electrons. The van der Waals surface area contributed by atoms with Crippen LogP contribution in [-0.2, 0) is 20.8 Å². The number of carbonyl (C=O) groups is 3. The molecule has 1 N–H and O–H groups in total. The van der Waals surface area contributed by atoms with E-state index in [1.165, 1.54) is 6.42 Å². The highest BCUT2D eigenvalue weighted by Crippen LogP contribution is 2.26. The van der Waals surface area contributed by atoms with Crippen molar-refractivity contribution in [1.82, 2.24) is 15.1 Å². The molecule has 1 aliphatic carbocycles. The van der Waals surface area contributed by atoms with Gasteiger partial charge >= 0.3 is 0 Å². The molecule has 7 heteroatoms. The predicted molar refractivity (Wildman–Crippen MR) is 128 cm³/mol. The molecule has 1 aromatic carbocycles. The van der Waals surface area contributed by atoms with Crippen molar-refractivity contribution in [2.75, 3.05) is 33.3 Å². The predicted octanol–water partition coefficient (Wildman–Crippen LogP) is 3.02. The average molecular weight is 458 g/mol. The van der Waals surface area contributed by atoms with Crippen molar-refractivity contribution in [3.63, 3.8) is 0 Å². The fourth-order valence-electron chi connectivity index (χ4n) is 4.79. The lowest BCUT2D eigenvalue weighted by molar-refractivity contribution is -0.145. The van der Waals surface area contributed by atoms with Gasteiger partial charge in [-0.15, -0.1) is 0 Å². The van der Waals surface area contributed by atoms with Gasteiger partial charge in [0.15, 0.2) is 0 Å². The minimum Gasteiger partial charge on any atom is -0.497 e. The maximum atomic E-state index is 13.3. The second-order valence-corrected chi connectivity index (χ2v) is 9.44. The summed E-state index contributed by atoms with van der Waals surface area (Å²) in [5.41, 5.74) is 0.874. The van der Waals surface area contributed by atoms with Gasteiger partial charge in [0, 0.05) is 32.1 Å². The number of hydrogen-bond donors (Lipinski definition) is 1. The molecule has 0 bridgehead atoms. The maximum absolute atomic E-state index is 13.3. The smallest absolute Gasteiger partial charge is 0.245 e. The Morgan fingerprint density at radius 2 is 1.61 bits per heavy atom. The van der Waals surface area contributed by atoms with Crippen molar-refractivity contribution in [3.8, 4) is 5.75 Å². The van der Waals surface area contributed by atoms with E-state index in [1.807, 2.05) is 47.9 Å². The van der Waals surface area contributed by atoms with E-state index < -0.39 is 6.04 Å². The number of nitrogens with one attached hydrogen (secondary N) is 1. The summed E-state index contributed by atoms with van der Waals surface area (Å²) >= 11 is 0. The molecule has 2 unspecified atom stereocenters. The Hall–Kier alpha value is -2.57. The van der Waals surface area contributed by atoms with Crippen molar-refractivity contribution < 1.29 is 19.1 Å². The van der Waals surface area contributed by atoms with Crippen LogP contribution in [0.3, 0.4) is 0 Å². The fraction of sp³-hybridized carbons (Fsp3) is 0.654. The molecule has 1 saturated heterocycles. The largest absolute Gasteiger partial charge is 0.497 e. The zero-order valence-corrected chi connectivity index (χ0v) is 20.3. The molecule has 0 spiro atoms. The number of ether oxygens (including phenoxy) is 1. The molecule has 7 nitrogen and oxygen atoms in total. The molecule has 2 fully saturated rings. The first-order valence-electron chi connectivity index (χ1n) is 12.4. The van der Waals surface area contributed by atoms with Gasteiger partial charge in [0.25, 0.3) is 0 Å². The van der Waals surface area contributed by atoms with E-state index in [-0.39, 0.29) is 36.0 Å². The van der Waals surface area contributed by atoms with E-state index in [0.29, 0.717) is 26.2 Å². The van der Waals surface area contributed by atoms with E-state index in [0.717, 1.165) is 43.4 Å². The van der Waals surface area contributed by atoms with Crippen molar-refractivity contribution in [1.29, 1.82) is 0 Å². The van der Waals surface area contributed by atoms with Gasteiger partial charge in [0.2, 0.25) is 17.7 Å². The summed E-state index contributed by atoms with van der Waals surface area (Å²) in [4.78, 5) is 42.7. The molecule has 3 rings (SSSR count). The van der Waals surface area contributed by atoms with E-state index in [4.69, 9.17) is 4.74 Å². The first kappa shape index (κ1) is 25.1. The van der Waals surface area contributed by atoms with Crippen molar-refractivity contribution in [3.05, 3.63) is 29.8 Å². The fourth-order valence-corrected chi connectivity index (χ4v) is 4.79. The SMILES string of the molecule is CCC(C)C(NC(=O)Cc1ccc(OC)cc1)C(=O)N1CCN(C(=O)C2CCCCC2)CC1. The Morgan fingerprint density at radius 1 is 1.00 bits per heavy atom. The third-order valence-electron chi connectivity index (χ3n) is 7.18. The summed E-state index contributed by atoms with van der Waals surface area (Å²) in [6, 6.07) is 6.82. The molecule has 1 heterocycles. The molecular weight excluding hydrogens is 418 g/mol. The standard InChI is InChI=1S/C26H39N3O4/c1-4-19(2)24(27-23(30)18-20-10-12-22(33-3)13-11-20)26(32)29-16-14-28(15-17-29)25(31)21-8-6-5-7-9-21/h10-13,19,21,24H,4-9,14-18H2,1-3H3,(H,27,30). The van der Waals surface area contributed by atoms with Crippen LogP contribution in [0.4, 0.5) is 0 Å². The minimum absolute atomic E-state index is 0.0271. The lowest BCUT2D eigenvalue weighted by Crippen LogP contribution is -2.58. The van der Waals surface area contributed by atoms with Crippen LogP contribution in [0.15, 0.2) is 24.3 Å². The number of rotatable bonds is 8. The van der Waals surface area contributed by atoms with Crippen molar-refractivity contribution >= 4 is 17.7 Å². The molecule has 3 amide bonds. The number of benzene rings is 1. The Balaban J connectivity index is 1.55. The second kappa shape index (κ2) is 12.1. The summed E-state index contributed by atoms with van der Waals surface area (Å²) in [5.74, 6) is 0.980. The Kier molecular flexibility index (Phi) is 9.15. The van der Waals surface area contributed by atoms with Gasteiger partial charge in [-0.05, 0) is 36.5 Å². The van der Waals surface area contributed by atoms with E-state index in [9.17, 15) is 14.4 Å². The summed E-state index contributed by atoms with van der Waals surface area (Å²) in [6.45, 7) is 6.24.